The van der Waals surface area contributed by atoms with E-state index in [1.165, 1.54) is 12.4 Å². The van der Waals surface area contributed by atoms with E-state index in [0.29, 0.717) is 12.8 Å². The molecule has 2 amide bonds. The number of amides is 2. The number of nitrogens with two attached hydrogens (primary N) is 1. The molecule has 116 valence electrons. The lowest BCUT2D eigenvalue weighted by molar-refractivity contribution is -0.137. The first-order chi connectivity index (χ1) is 9.95. The molecule has 1 aromatic rings. The Morgan fingerprint density at radius 3 is 2.38 bits per heavy atom. The Balaban J connectivity index is 2.51. The molecule has 1 rings (SSSR count). The lowest BCUT2D eigenvalue weighted by Gasteiger charge is -2.21. The third-order valence-corrected chi connectivity index (χ3v) is 3.10. The fourth-order valence-corrected chi connectivity index (χ4v) is 1.83. The van der Waals surface area contributed by atoms with Crippen LogP contribution in [0, 0.1) is 0 Å². The molecule has 21 heavy (non-hydrogen) atoms. The van der Waals surface area contributed by atoms with Crippen LogP contribution in [0.25, 0.3) is 0 Å². The number of hydrogen-bond acceptors (Lipinski definition) is 5. The Morgan fingerprint density at radius 2 is 1.86 bits per heavy atom. The number of aliphatic hydroxyl groups excluding tert-OH is 1. The molecule has 0 fully saturated rings. The van der Waals surface area contributed by atoms with E-state index in [1.807, 2.05) is 30.3 Å². The van der Waals surface area contributed by atoms with Crippen LogP contribution >= 0.6 is 0 Å². The van der Waals surface area contributed by atoms with Gasteiger partial charge in [0.1, 0.15) is 6.04 Å². The number of carbonyl (C=O) groups excluding carboxylic acids is 2. The molecule has 0 unspecified atom stereocenters. The number of rotatable bonds is 7. The van der Waals surface area contributed by atoms with Crippen molar-refractivity contribution in [3.05, 3.63) is 35.9 Å². The third kappa shape index (κ3) is 5.50. The zero-order valence-electron chi connectivity index (χ0n) is 11.8. The molecule has 0 aliphatic heterocycles. The Labute approximate surface area is 123 Å². The van der Waals surface area contributed by atoms with Crippen LogP contribution in [0.5, 0.6) is 0 Å². The van der Waals surface area contributed by atoms with Crippen molar-refractivity contribution in [3.8, 4) is 0 Å². The molecule has 6 N–H and O–H groups in total. The van der Waals surface area contributed by atoms with Crippen LogP contribution < -0.4 is 16.5 Å². The van der Waals surface area contributed by atoms with Crippen molar-refractivity contribution >= 4 is 11.8 Å². The van der Waals surface area contributed by atoms with E-state index >= 15 is 0 Å². The predicted molar refractivity (Wildman–Crippen MR) is 76.3 cm³/mol. The largest absolute Gasteiger partial charge is 0.391 e. The number of benzene rings is 1. The summed E-state index contributed by atoms with van der Waals surface area (Å²) in [6, 6.07) is 7.51. The zero-order valence-corrected chi connectivity index (χ0v) is 11.8. The van der Waals surface area contributed by atoms with Gasteiger partial charge in [-0.15, -0.1) is 0 Å². The summed E-state index contributed by atoms with van der Waals surface area (Å²) < 4.78 is 0. The second-order valence-corrected chi connectivity index (χ2v) is 4.83. The average molecular weight is 295 g/mol. The summed E-state index contributed by atoms with van der Waals surface area (Å²) in [5, 5.41) is 20.3. The van der Waals surface area contributed by atoms with Gasteiger partial charge in [0.15, 0.2) is 0 Å². The zero-order chi connectivity index (χ0) is 15.8. The van der Waals surface area contributed by atoms with Crippen LogP contribution in [0.1, 0.15) is 18.9 Å². The Morgan fingerprint density at radius 1 is 1.24 bits per heavy atom. The van der Waals surface area contributed by atoms with Crippen LogP contribution in [-0.4, -0.2) is 40.3 Å². The number of hydrogen-bond donors (Lipinski definition) is 5. The van der Waals surface area contributed by atoms with Gasteiger partial charge in [0.05, 0.1) is 12.1 Å². The molecular weight excluding hydrogens is 274 g/mol. The average Bonchev–Trinajstić information content (AvgIpc) is 2.49. The van der Waals surface area contributed by atoms with Gasteiger partial charge in [0.25, 0.3) is 5.91 Å². The Kier molecular flexibility index (Phi) is 6.80. The highest BCUT2D eigenvalue weighted by Gasteiger charge is 2.27. The lowest BCUT2D eigenvalue weighted by atomic mass is 10.0. The minimum absolute atomic E-state index is 0.406. The summed E-state index contributed by atoms with van der Waals surface area (Å²) in [4.78, 5) is 23.2. The standard InChI is InChI=1S/C14H21N3O4/c1-9(18)12(14(20)17-21)16-13(19)11(15)8-7-10-5-3-2-4-6-10/h2-6,9,11-12,18,21H,7-8,15H2,1H3,(H,16,19)(H,17,20)/t9-,11+,12+/m1/s1. The van der Waals surface area contributed by atoms with Gasteiger partial charge >= 0.3 is 0 Å². The number of nitrogens with one attached hydrogen (secondary N) is 2. The highest BCUT2D eigenvalue weighted by molar-refractivity contribution is 5.89. The molecule has 0 saturated heterocycles. The summed E-state index contributed by atoms with van der Waals surface area (Å²) in [7, 11) is 0. The van der Waals surface area contributed by atoms with Crippen molar-refractivity contribution in [2.75, 3.05) is 0 Å². The van der Waals surface area contributed by atoms with Gasteiger partial charge in [0.2, 0.25) is 5.91 Å². The van der Waals surface area contributed by atoms with Gasteiger partial charge in [-0.3, -0.25) is 14.8 Å². The van der Waals surface area contributed by atoms with E-state index in [-0.39, 0.29) is 0 Å². The quantitative estimate of drug-likeness (QED) is 0.336. The fourth-order valence-electron chi connectivity index (χ4n) is 1.83. The van der Waals surface area contributed by atoms with Crippen LogP contribution in [0.15, 0.2) is 30.3 Å². The van der Waals surface area contributed by atoms with Crippen molar-refractivity contribution in [1.29, 1.82) is 0 Å². The molecule has 0 aromatic heterocycles. The van der Waals surface area contributed by atoms with Gasteiger partial charge in [0, 0.05) is 0 Å². The second kappa shape index (κ2) is 8.35. The van der Waals surface area contributed by atoms with Gasteiger partial charge < -0.3 is 16.2 Å². The highest BCUT2D eigenvalue weighted by Crippen LogP contribution is 2.04. The molecule has 0 aliphatic carbocycles. The first-order valence-corrected chi connectivity index (χ1v) is 6.67. The third-order valence-electron chi connectivity index (χ3n) is 3.10. The Bertz CT molecular complexity index is 465. The van der Waals surface area contributed by atoms with Gasteiger partial charge in [-0.2, -0.15) is 0 Å². The van der Waals surface area contributed by atoms with Gasteiger partial charge in [-0.1, -0.05) is 30.3 Å². The van der Waals surface area contributed by atoms with Gasteiger partial charge in [-0.05, 0) is 25.3 Å². The van der Waals surface area contributed by atoms with Crippen molar-refractivity contribution in [1.82, 2.24) is 10.8 Å². The van der Waals surface area contributed by atoms with Crippen LogP contribution in [-0.2, 0) is 16.0 Å². The van der Waals surface area contributed by atoms with Crippen LogP contribution in [0.3, 0.4) is 0 Å². The number of aliphatic hydroxyl groups is 1. The molecule has 3 atom stereocenters. The fraction of sp³-hybridized carbons (Fsp3) is 0.429. The topological polar surface area (TPSA) is 125 Å². The molecule has 1 aromatic carbocycles. The van der Waals surface area contributed by atoms with Gasteiger partial charge in [-0.25, -0.2) is 5.48 Å². The predicted octanol–water partition coefficient (Wildman–Crippen LogP) is -0.682. The molecule has 7 heteroatoms. The van der Waals surface area contributed by atoms with Crippen molar-refractivity contribution in [2.24, 2.45) is 5.73 Å². The molecular formula is C14H21N3O4. The highest BCUT2D eigenvalue weighted by atomic mass is 16.5. The molecule has 0 heterocycles. The number of hydroxylamine groups is 1. The summed E-state index contributed by atoms with van der Waals surface area (Å²) in [6.07, 6.45) is -0.119. The Hall–Kier alpha value is -1.96. The summed E-state index contributed by atoms with van der Waals surface area (Å²) in [6.45, 7) is 1.33. The van der Waals surface area contributed by atoms with Crippen LogP contribution in [0.2, 0.25) is 0 Å². The summed E-state index contributed by atoms with van der Waals surface area (Å²) >= 11 is 0. The van der Waals surface area contributed by atoms with E-state index in [0.717, 1.165) is 5.56 Å². The SMILES string of the molecule is C[C@@H](O)[C@H](NC(=O)[C@@H](N)CCc1ccccc1)C(=O)NO. The summed E-state index contributed by atoms with van der Waals surface area (Å²) in [5.41, 5.74) is 8.22. The van der Waals surface area contributed by atoms with E-state index in [2.05, 4.69) is 5.32 Å². The van der Waals surface area contributed by atoms with E-state index in [4.69, 9.17) is 10.9 Å². The van der Waals surface area contributed by atoms with E-state index < -0.39 is 30.0 Å². The van der Waals surface area contributed by atoms with Crippen LogP contribution in [0.4, 0.5) is 0 Å². The maximum atomic E-state index is 11.9. The van der Waals surface area contributed by atoms with E-state index in [1.54, 1.807) is 0 Å². The molecule has 0 spiro atoms. The smallest absolute Gasteiger partial charge is 0.268 e. The molecule has 0 bridgehead atoms. The number of carbonyl (C=O) groups is 2. The minimum atomic E-state index is -1.25. The van der Waals surface area contributed by atoms with Crippen molar-refractivity contribution < 1.29 is 19.9 Å². The minimum Gasteiger partial charge on any atom is -0.391 e. The molecule has 0 aliphatic rings. The molecule has 7 nitrogen and oxygen atoms in total. The van der Waals surface area contributed by atoms with Crippen molar-refractivity contribution in [2.45, 2.75) is 38.0 Å². The lowest BCUT2D eigenvalue weighted by Crippen LogP contribution is -2.55. The maximum absolute atomic E-state index is 11.9. The molecule has 0 radical (unpaired) electrons. The van der Waals surface area contributed by atoms with Crippen molar-refractivity contribution in [3.63, 3.8) is 0 Å². The van der Waals surface area contributed by atoms with E-state index in [9.17, 15) is 14.7 Å². The first-order valence-electron chi connectivity index (χ1n) is 6.67. The second-order valence-electron chi connectivity index (χ2n) is 4.83. The normalized spacial score (nSPS) is 14.9. The number of aryl methyl sites for hydroxylation is 1. The summed E-state index contributed by atoms with van der Waals surface area (Å²) in [5.74, 6) is -1.45. The monoisotopic (exact) mass is 295 g/mol. The molecule has 0 saturated carbocycles. The maximum Gasteiger partial charge on any atom is 0.268 e. The first kappa shape index (κ1) is 17.1.